The van der Waals surface area contributed by atoms with Gasteiger partial charge in [-0.05, 0) is 19.1 Å². The molecule has 22 heavy (non-hydrogen) atoms. The lowest BCUT2D eigenvalue weighted by Crippen LogP contribution is -2.33. The number of rotatable bonds is 6. The highest BCUT2D eigenvalue weighted by Gasteiger charge is 2.24. The van der Waals surface area contributed by atoms with E-state index in [1.165, 1.54) is 12.0 Å². The highest BCUT2D eigenvalue weighted by molar-refractivity contribution is 6.07. The van der Waals surface area contributed by atoms with E-state index >= 15 is 0 Å². The quantitative estimate of drug-likeness (QED) is 0.878. The number of carbonyl (C=O) groups is 2. The number of carbonyl (C=O) groups excluding carboxylic acids is 1. The van der Waals surface area contributed by atoms with Crippen LogP contribution in [0.3, 0.4) is 0 Å². The Balaban J connectivity index is 2.35. The molecule has 1 aromatic carbocycles. The molecule has 0 saturated heterocycles. The van der Waals surface area contributed by atoms with Gasteiger partial charge in [0.25, 0.3) is 5.91 Å². The first-order chi connectivity index (χ1) is 10.5. The van der Waals surface area contributed by atoms with Crippen molar-refractivity contribution >= 4 is 17.7 Å². The molecule has 116 valence electrons. The third-order valence-corrected chi connectivity index (χ3v) is 3.02. The van der Waals surface area contributed by atoms with Crippen LogP contribution >= 0.6 is 0 Å². The van der Waals surface area contributed by atoms with E-state index < -0.39 is 11.9 Å². The van der Waals surface area contributed by atoms with Crippen molar-refractivity contribution in [2.75, 3.05) is 18.6 Å². The van der Waals surface area contributed by atoms with Crippen LogP contribution in [0.15, 0.2) is 34.9 Å². The summed E-state index contributed by atoms with van der Waals surface area (Å²) in [5.41, 5.74) is 0.330. The Kier molecular flexibility index (Phi) is 4.77. The molecule has 2 rings (SSSR count). The van der Waals surface area contributed by atoms with Crippen molar-refractivity contribution < 1.29 is 24.0 Å². The number of para-hydroxylation sites is 1. The van der Waals surface area contributed by atoms with Crippen LogP contribution in [0.4, 0.5) is 5.82 Å². The van der Waals surface area contributed by atoms with Gasteiger partial charge in [-0.3, -0.25) is 14.5 Å². The summed E-state index contributed by atoms with van der Waals surface area (Å²) >= 11 is 0. The summed E-state index contributed by atoms with van der Waals surface area (Å²) in [7, 11) is 1.47. The Morgan fingerprint density at radius 3 is 2.68 bits per heavy atom. The molecule has 2 aromatic rings. The summed E-state index contributed by atoms with van der Waals surface area (Å²) in [5.74, 6) is -0.184. The maximum Gasteiger partial charge on any atom is 0.305 e. The number of aryl methyl sites for hydroxylation is 1. The van der Waals surface area contributed by atoms with Crippen LogP contribution in [0.1, 0.15) is 22.5 Å². The van der Waals surface area contributed by atoms with Crippen LogP contribution < -0.4 is 9.64 Å². The fourth-order valence-corrected chi connectivity index (χ4v) is 1.97. The van der Waals surface area contributed by atoms with Gasteiger partial charge in [-0.25, -0.2) is 0 Å². The Bertz CT molecular complexity index is 680. The van der Waals surface area contributed by atoms with Gasteiger partial charge in [0.1, 0.15) is 11.5 Å². The zero-order valence-corrected chi connectivity index (χ0v) is 12.3. The van der Waals surface area contributed by atoms with Gasteiger partial charge in [0, 0.05) is 12.6 Å². The van der Waals surface area contributed by atoms with Crippen molar-refractivity contribution in [1.82, 2.24) is 5.16 Å². The number of nitrogens with zero attached hydrogens (tertiary/aromatic N) is 2. The smallest absolute Gasteiger partial charge is 0.305 e. The van der Waals surface area contributed by atoms with E-state index in [-0.39, 0.29) is 18.8 Å². The van der Waals surface area contributed by atoms with Gasteiger partial charge in [0.15, 0.2) is 5.82 Å². The molecule has 0 radical (unpaired) electrons. The number of methoxy groups -OCH3 is 1. The van der Waals surface area contributed by atoms with E-state index in [0.717, 1.165) is 0 Å². The highest BCUT2D eigenvalue weighted by Crippen LogP contribution is 2.23. The number of carboxylic acids is 1. The Labute approximate surface area is 127 Å². The van der Waals surface area contributed by atoms with Crippen LogP contribution in [0.2, 0.25) is 0 Å². The first kappa shape index (κ1) is 15.6. The third kappa shape index (κ3) is 3.43. The number of amides is 1. The van der Waals surface area contributed by atoms with Crippen molar-refractivity contribution in [3.8, 4) is 5.75 Å². The van der Waals surface area contributed by atoms with Crippen molar-refractivity contribution in [3.05, 3.63) is 41.7 Å². The van der Waals surface area contributed by atoms with E-state index in [9.17, 15) is 9.59 Å². The molecular formula is C15H16N2O5. The zero-order chi connectivity index (χ0) is 16.1. The summed E-state index contributed by atoms with van der Waals surface area (Å²) < 4.78 is 10.1. The second-order valence-corrected chi connectivity index (χ2v) is 4.60. The van der Waals surface area contributed by atoms with Gasteiger partial charge in [-0.2, -0.15) is 0 Å². The monoisotopic (exact) mass is 304 g/mol. The minimum atomic E-state index is -1.00. The molecular weight excluding hydrogens is 288 g/mol. The Hall–Kier alpha value is -2.83. The van der Waals surface area contributed by atoms with Gasteiger partial charge in [-0.1, -0.05) is 17.3 Å². The zero-order valence-electron chi connectivity index (χ0n) is 12.3. The lowest BCUT2D eigenvalue weighted by Gasteiger charge is -2.20. The molecule has 0 bridgehead atoms. The van der Waals surface area contributed by atoms with Crippen molar-refractivity contribution in [1.29, 1.82) is 0 Å². The summed E-state index contributed by atoms with van der Waals surface area (Å²) in [6, 6.07) is 8.31. The lowest BCUT2D eigenvalue weighted by atomic mass is 10.1. The number of anilines is 1. The minimum Gasteiger partial charge on any atom is -0.496 e. The first-order valence-electron chi connectivity index (χ1n) is 6.63. The highest BCUT2D eigenvalue weighted by atomic mass is 16.5. The van der Waals surface area contributed by atoms with Crippen molar-refractivity contribution in [2.45, 2.75) is 13.3 Å². The Morgan fingerprint density at radius 1 is 1.36 bits per heavy atom. The van der Waals surface area contributed by atoms with Crippen LogP contribution in [0.25, 0.3) is 0 Å². The predicted octanol–water partition coefficient (Wildman–Crippen LogP) is 2.11. The van der Waals surface area contributed by atoms with Gasteiger partial charge in [0.2, 0.25) is 0 Å². The number of aliphatic carboxylic acids is 1. The molecule has 7 nitrogen and oxygen atoms in total. The standard InChI is InChI=1S/C15H16N2O5/c1-10-9-13(16-22-10)17(8-7-14(18)19)15(20)11-5-3-4-6-12(11)21-2/h3-6,9H,7-8H2,1-2H3,(H,18,19). The van der Waals surface area contributed by atoms with Gasteiger partial charge < -0.3 is 14.4 Å². The fraction of sp³-hybridized carbons (Fsp3) is 0.267. The normalized spacial score (nSPS) is 10.3. The van der Waals surface area contributed by atoms with Crippen LogP contribution in [-0.2, 0) is 4.79 Å². The number of hydrogen-bond acceptors (Lipinski definition) is 5. The topological polar surface area (TPSA) is 92.9 Å². The van der Waals surface area contributed by atoms with Gasteiger partial charge >= 0.3 is 5.97 Å². The van der Waals surface area contributed by atoms with E-state index in [1.807, 2.05) is 0 Å². The first-order valence-corrected chi connectivity index (χ1v) is 6.63. The van der Waals surface area contributed by atoms with Gasteiger partial charge in [-0.15, -0.1) is 0 Å². The molecule has 0 fully saturated rings. The number of benzene rings is 1. The lowest BCUT2D eigenvalue weighted by molar-refractivity contribution is -0.136. The average Bonchev–Trinajstić information content (AvgIpc) is 2.93. The maximum absolute atomic E-state index is 12.7. The van der Waals surface area contributed by atoms with Crippen molar-refractivity contribution in [2.24, 2.45) is 0 Å². The largest absolute Gasteiger partial charge is 0.496 e. The van der Waals surface area contributed by atoms with E-state index in [4.69, 9.17) is 14.4 Å². The molecule has 0 unspecified atom stereocenters. The maximum atomic E-state index is 12.7. The van der Waals surface area contributed by atoms with Crippen molar-refractivity contribution in [3.63, 3.8) is 0 Å². The summed E-state index contributed by atoms with van der Waals surface area (Å²) in [6.07, 6.45) is -0.202. The summed E-state index contributed by atoms with van der Waals surface area (Å²) in [4.78, 5) is 24.8. The van der Waals surface area contributed by atoms with Crippen LogP contribution in [-0.4, -0.2) is 35.8 Å². The van der Waals surface area contributed by atoms with E-state index in [0.29, 0.717) is 17.1 Å². The number of ether oxygens (including phenoxy) is 1. The summed E-state index contributed by atoms with van der Waals surface area (Å²) in [6.45, 7) is 1.68. The SMILES string of the molecule is COc1ccccc1C(=O)N(CCC(=O)O)c1cc(C)on1. The number of carboxylic acid groups (broad SMARTS) is 1. The molecule has 1 amide bonds. The second kappa shape index (κ2) is 6.75. The number of aromatic nitrogens is 1. The molecule has 1 N–H and O–H groups in total. The Morgan fingerprint density at radius 2 is 2.09 bits per heavy atom. The molecule has 1 heterocycles. The van der Waals surface area contributed by atoms with Gasteiger partial charge in [0.05, 0.1) is 19.1 Å². The molecule has 0 saturated carbocycles. The minimum absolute atomic E-state index is 0.0157. The molecule has 7 heteroatoms. The molecule has 0 aliphatic rings. The molecule has 1 aromatic heterocycles. The average molecular weight is 304 g/mol. The molecule has 0 atom stereocenters. The molecule has 0 aliphatic heterocycles. The third-order valence-electron chi connectivity index (χ3n) is 3.02. The number of hydrogen-bond donors (Lipinski definition) is 1. The van der Waals surface area contributed by atoms with Crippen LogP contribution in [0.5, 0.6) is 5.75 Å². The van der Waals surface area contributed by atoms with Crippen LogP contribution in [0, 0.1) is 6.92 Å². The second-order valence-electron chi connectivity index (χ2n) is 4.60. The predicted molar refractivity (Wildman–Crippen MR) is 78.2 cm³/mol. The summed E-state index contributed by atoms with van der Waals surface area (Å²) in [5, 5.41) is 12.7. The molecule has 0 aliphatic carbocycles. The van der Waals surface area contributed by atoms with E-state index in [1.54, 1.807) is 37.3 Å². The molecule has 0 spiro atoms. The fourth-order valence-electron chi connectivity index (χ4n) is 1.97. The van der Waals surface area contributed by atoms with E-state index in [2.05, 4.69) is 5.16 Å².